The molecule has 0 bridgehead atoms. The van der Waals surface area contributed by atoms with Gasteiger partial charge >= 0.3 is 0 Å². The molecule has 3 aromatic rings. The lowest BCUT2D eigenvalue weighted by molar-refractivity contribution is -0.119. The third-order valence-corrected chi connectivity index (χ3v) is 4.59. The molecule has 0 aliphatic carbocycles. The zero-order valence-corrected chi connectivity index (χ0v) is 17.1. The minimum absolute atomic E-state index is 0.0168. The molecule has 0 radical (unpaired) electrons. The highest BCUT2D eigenvalue weighted by Crippen LogP contribution is 2.24. The van der Waals surface area contributed by atoms with Gasteiger partial charge in [0.05, 0.1) is 0 Å². The number of rotatable bonds is 6. The molecule has 0 fully saturated rings. The summed E-state index contributed by atoms with van der Waals surface area (Å²) in [6.45, 7) is 0.482. The topological polar surface area (TPSA) is 109 Å². The van der Waals surface area contributed by atoms with Crippen molar-refractivity contribution in [1.29, 1.82) is 0 Å². The fourth-order valence-corrected chi connectivity index (χ4v) is 2.90. The Labute approximate surface area is 178 Å². The Morgan fingerprint density at radius 3 is 2.68 bits per heavy atom. The van der Waals surface area contributed by atoms with Gasteiger partial charge in [-0.15, -0.1) is 0 Å². The first-order chi connectivity index (χ1) is 14.7. The van der Waals surface area contributed by atoms with Crippen LogP contribution in [0.25, 0.3) is 22.3 Å². The van der Waals surface area contributed by atoms with Crippen molar-refractivity contribution in [3.63, 3.8) is 0 Å². The number of fused-ring (bicyclic) bond motifs is 1. The number of carbonyl (C=O) groups excluding carboxylic acids is 2. The molecule has 0 saturated heterocycles. The van der Waals surface area contributed by atoms with Crippen molar-refractivity contribution in [2.45, 2.75) is 12.0 Å². The zero-order valence-electron chi connectivity index (χ0n) is 17.1. The van der Waals surface area contributed by atoms with Crippen molar-refractivity contribution in [2.75, 3.05) is 20.6 Å². The van der Waals surface area contributed by atoms with Crippen LogP contribution in [-0.2, 0) is 4.79 Å². The van der Waals surface area contributed by atoms with E-state index in [0.29, 0.717) is 24.0 Å². The highest BCUT2D eigenvalue weighted by Gasteiger charge is 2.23. The van der Waals surface area contributed by atoms with Gasteiger partial charge in [0.1, 0.15) is 17.0 Å². The number of nitrogens with two attached hydrogens (primary N) is 1. The van der Waals surface area contributed by atoms with E-state index in [4.69, 9.17) is 5.73 Å². The maximum absolute atomic E-state index is 14.3. The largest absolute Gasteiger partial charge is 0.371 e. The number of halogens is 1. The Balaban J connectivity index is 2.03. The number of primary amides is 1. The summed E-state index contributed by atoms with van der Waals surface area (Å²) in [5.41, 5.74) is 4.51. The number of para-hydroxylation sites is 1. The van der Waals surface area contributed by atoms with E-state index in [1.807, 2.05) is 19.0 Å². The van der Waals surface area contributed by atoms with Gasteiger partial charge in [-0.1, -0.05) is 36.1 Å². The van der Waals surface area contributed by atoms with Crippen LogP contribution in [0, 0.1) is 17.7 Å². The van der Waals surface area contributed by atoms with Crippen molar-refractivity contribution in [3.05, 3.63) is 59.5 Å². The molecule has 1 atom stereocenters. The molecule has 1 aromatic heterocycles. The van der Waals surface area contributed by atoms with Crippen molar-refractivity contribution in [2.24, 2.45) is 5.73 Å². The Morgan fingerprint density at radius 1 is 1.26 bits per heavy atom. The summed E-state index contributed by atoms with van der Waals surface area (Å²) in [5.74, 6) is 4.09. The van der Waals surface area contributed by atoms with E-state index in [1.54, 1.807) is 24.3 Å². The molecule has 8 heteroatoms. The van der Waals surface area contributed by atoms with Crippen LogP contribution in [0.2, 0.25) is 0 Å². The fraction of sp³-hybridized carbons (Fsp3) is 0.217. The van der Waals surface area contributed by atoms with Gasteiger partial charge in [0, 0.05) is 29.5 Å². The molecule has 3 N–H and O–H groups in total. The average Bonchev–Trinajstić information content (AvgIpc) is 2.76. The molecule has 31 heavy (non-hydrogen) atoms. The Morgan fingerprint density at radius 2 is 2.00 bits per heavy atom. The van der Waals surface area contributed by atoms with E-state index in [9.17, 15) is 19.1 Å². The van der Waals surface area contributed by atoms with Crippen LogP contribution in [-0.4, -0.2) is 58.4 Å². The summed E-state index contributed by atoms with van der Waals surface area (Å²) in [5, 5.41) is 10.6. The number of benzene rings is 2. The molecular formula is C23H21FN4O3. The number of hydrogen-bond acceptors (Lipinski definition) is 6. The van der Waals surface area contributed by atoms with Gasteiger partial charge in [-0.3, -0.25) is 9.59 Å². The molecule has 0 aliphatic rings. The van der Waals surface area contributed by atoms with Crippen LogP contribution >= 0.6 is 0 Å². The Hall–Kier alpha value is -3.67. The van der Waals surface area contributed by atoms with Crippen molar-refractivity contribution >= 4 is 23.1 Å². The predicted molar refractivity (Wildman–Crippen MR) is 115 cm³/mol. The zero-order chi connectivity index (χ0) is 22.6. The molecule has 0 spiro atoms. The number of aldehydes is 1. The molecular weight excluding hydrogens is 399 g/mol. The molecule has 7 nitrogen and oxygen atoms in total. The third kappa shape index (κ3) is 5.09. The summed E-state index contributed by atoms with van der Waals surface area (Å²) in [7, 11) is 3.66. The molecule has 3 rings (SSSR count). The van der Waals surface area contributed by atoms with Gasteiger partial charge < -0.3 is 15.7 Å². The SMILES string of the molecule is CN(C)CC[C@@](O)(C#Cc1cccc(-c2nc(C(N)=O)c3cccc(F)c3n2)c1)C=O. The van der Waals surface area contributed by atoms with Crippen molar-refractivity contribution in [1.82, 2.24) is 14.9 Å². The minimum Gasteiger partial charge on any atom is -0.371 e. The highest BCUT2D eigenvalue weighted by molar-refractivity contribution is 6.04. The van der Waals surface area contributed by atoms with Crippen LogP contribution in [0.4, 0.5) is 4.39 Å². The Bertz CT molecular complexity index is 1220. The van der Waals surface area contributed by atoms with Gasteiger partial charge in [0.15, 0.2) is 17.7 Å². The summed E-state index contributed by atoms with van der Waals surface area (Å²) >= 11 is 0. The number of nitrogens with zero attached hydrogens (tertiary/aromatic N) is 3. The number of aliphatic hydroxyl groups is 1. The number of aromatic nitrogens is 2. The van der Waals surface area contributed by atoms with Gasteiger partial charge in [-0.05, 0) is 32.3 Å². The normalized spacial score (nSPS) is 12.8. The van der Waals surface area contributed by atoms with E-state index in [-0.39, 0.29) is 28.8 Å². The number of hydrogen-bond donors (Lipinski definition) is 2. The predicted octanol–water partition coefficient (Wildman–Crippen LogP) is 1.77. The first kappa shape index (κ1) is 22.0. The first-order valence-electron chi connectivity index (χ1n) is 9.45. The second-order valence-electron chi connectivity index (χ2n) is 7.32. The summed E-state index contributed by atoms with van der Waals surface area (Å²) in [6, 6.07) is 10.9. The lowest BCUT2D eigenvalue weighted by atomic mass is 10.0. The van der Waals surface area contributed by atoms with E-state index in [0.717, 1.165) is 0 Å². The van der Waals surface area contributed by atoms with Gasteiger partial charge in [-0.2, -0.15) is 0 Å². The second-order valence-corrected chi connectivity index (χ2v) is 7.32. The van der Waals surface area contributed by atoms with E-state index < -0.39 is 17.3 Å². The summed E-state index contributed by atoms with van der Waals surface area (Å²) in [4.78, 5) is 33.5. The average molecular weight is 420 g/mol. The molecule has 0 unspecified atom stereocenters. The number of amides is 1. The van der Waals surface area contributed by atoms with E-state index in [1.165, 1.54) is 18.2 Å². The molecule has 1 heterocycles. The van der Waals surface area contributed by atoms with Gasteiger partial charge in [0.25, 0.3) is 5.91 Å². The monoisotopic (exact) mass is 420 g/mol. The van der Waals surface area contributed by atoms with Gasteiger partial charge in [0.2, 0.25) is 0 Å². The third-order valence-electron chi connectivity index (χ3n) is 4.59. The molecule has 158 valence electrons. The smallest absolute Gasteiger partial charge is 0.268 e. The van der Waals surface area contributed by atoms with Crippen molar-refractivity contribution in [3.8, 4) is 23.2 Å². The lowest BCUT2D eigenvalue weighted by Gasteiger charge is -2.17. The van der Waals surface area contributed by atoms with Crippen LogP contribution in [0.5, 0.6) is 0 Å². The highest BCUT2D eigenvalue weighted by atomic mass is 19.1. The summed E-state index contributed by atoms with van der Waals surface area (Å²) in [6.07, 6.45) is 0.576. The van der Waals surface area contributed by atoms with Crippen LogP contribution < -0.4 is 5.73 Å². The molecule has 0 saturated carbocycles. The maximum Gasteiger partial charge on any atom is 0.268 e. The standard InChI is InChI=1S/C23H21FN4O3/c1-28(2)12-11-23(31,14-29)10-9-15-5-3-6-16(13-15)22-26-19-17(7-4-8-18(19)24)20(27-22)21(25)30/h3-8,13-14,31H,11-12H2,1-2H3,(H2,25,30)/t23-/m0/s1. The maximum atomic E-state index is 14.3. The van der Waals surface area contributed by atoms with Crippen molar-refractivity contribution < 1.29 is 19.1 Å². The molecule has 2 aromatic carbocycles. The molecule has 0 aliphatic heterocycles. The van der Waals surface area contributed by atoms with Crippen LogP contribution in [0.3, 0.4) is 0 Å². The van der Waals surface area contributed by atoms with Crippen LogP contribution in [0.1, 0.15) is 22.5 Å². The minimum atomic E-state index is -1.78. The van der Waals surface area contributed by atoms with E-state index >= 15 is 0 Å². The second kappa shape index (κ2) is 9.00. The molecule has 1 amide bonds. The van der Waals surface area contributed by atoms with E-state index in [2.05, 4.69) is 21.8 Å². The number of carbonyl (C=O) groups is 2. The first-order valence-corrected chi connectivity index (χ1v) is 9.45. The lowest BCUT2D eigenvalue weighted by Crippen LogP contribution is -2.33. The van der Waals surface area contributed by atoms with Crippen LogP contribution in [0.15, 0.2) is 42.5 Å². The summed E-state index contributed by atoms with van der Waals surface area (Å²) < 4.78 is 14.3. The fourth-order valence-electron chi connectivity index (χ4n) is 2.90. The quantitative estimate of drug-likeness (QED) is 0.465. The Kier molecular flexibility index (Phi) is 6.39. The van der Waals surface area contributed by atoms with Gasteiger partial charge in [-0.25, -0.2) is 14.4 Å².